The molecule has 1 nitrogen and oxygen atoms in total. The maximum absolute atomic E-state index is 3.68. The van der Waals surface area contributed by atoms with E-state index in [9.17, 15) is 0 Å². The molecule has 3 heteroatoms. The van der Waals surface area contributed by atoms with E-state index in [1.165, 1.54) is 26.7 Å². The molecule has 112 valence electrons. The van der Waals surface area contributed by atoms with Crippen LogP contribution in [0.1, 0.15) is 41.6 Å². The highest BCUT2D eigenvalue weighted by molar-refractivity contribution is 9.10. The summed E-state index contributed by atoms with van der Waals surface area (Å²) >= 11 is 7.20. The Balaban J connectivity index is 2.47. The van der Waals surface area contributed by atoms with E-state index in [1.54, 1.807) is 0 Å². The average Bonchev–Trinajstić information content (AvgIpc) is 2.44. The van der Waals surface area contributed by atoms with Gasteiger partial charge < -0.3 is 5.32 Å². The molecule has 0 aliphatic heterocycles. The van der Waals surface area contributed by atoms with Gasteiger partial charge in [0, 0.05) is 8.95 Å². The quantitative estimate of drug-likeness (QED) is 0.645. The Morgan fingerprint density at radius 3 is 2.48 bits per heavy atom. The van der Waals surface area contributed by atoms with Crippen molar-refractivity contribution in [2.45, 2.75) is 33.2 Å². The maximum Gasteiger partial charge on any atom is 0.0579 e. The number of nitrogens with one attached hydrogen (secondary N) is 1. The van der Waals surface area contributed by atoms with Crippen LogP contribution < -0.4 is 5.32 Å². The van der Waals surface area contributed by atoms with Crippen LogP contribution in [0.15, 0.2) is 45.3 Å². The summed E-state index contributed by atoms with van der Waals surface area (Å²) in [6, 6.07) is 13.3. The molecule has 0 aliphatic rings. The molecule has 0 heterocycles. The Morgan fingerprint density at radius 2 is 1.81 bits per heavy atom. The minimum Gasteiger partial charge on any atom is -0.306 e. The molecule has 0 aromatic heterocycles. The van der Waals surface area contributed by atoms with E-state index in [0.29, 0.717) is 0 Å². The fraction of sp³-hybridized carbons (Fsp3) is 0.333. The van der Waals surface area contributed by atoms with Gasteiger partial charge in [-0.15, -0.1) is 0 Å². The third kappa shape index (κ3) is 4.18. The number of benzene rings is 2. The largest absolute Gasteiger partial charge is 0.306 e. The highest BCUT2D eigenvalue weighted by Crippen LogP contribution is 2.30. The van der Waals surface area contributed by atoms with Crippen molar-refractivity contribution in [3.8, 4) is 0 Å². The fourth-order valence-electron chi connectivity index (χ4n) is 2.50. The Bertz CT molecular complexity index is 623. The number of hydrogen-bond acceptors (Lipinski definition) is 1. The van der Waals surface area contributed by atoms with Crippen molar-refractivity contribution in [1.29, 1.82) is 0 Å². The lowest BCUT2D eigenvalue weighted by molar-refractivity contribution is 0.595. The Kier molecular flexibility index (Phi) is 6.03. The molecule has 1 atom stereocenters. The first-order valence-electron chi connectivity index (χ1n) is 7.28. The van der Waals surface area contributed by atoms with Gasteiger partial charge in [0.05, 0.1) is 6.04 Å². The lowest BCUT2D eigenvalue weighted by Crippen LogP contribution is -2.24. The normalized spacial score (nSPS) is 12.4. The molecular formula is C18H21Br2N. The Hall–Kier alpha value is -0.640. The molecule has 2 aromatic rings. The van der Waals surface area contributed by atoms with E-state index in [0.717, 1.165) is 17.4 Å². The van der Waals surface area contributed by atoms with E-state index >= 15 is 0 Å². The van der Waals surface area contributed by atoms with Gasteiger partial charge in [-0.2, -0.15) is 0 Å². The van der Waals surface area contributed by atoms with Gasteiger partial charge >= 0.3 is 0 Å². The molecule has 0 radical (unpaired) electrons. The molecular weight excluding hydrogens is 390 g/mol. The first kappa shape index (κ1) is 16.7. The maximum atomic E-state index is 3.68. The molecule has 0 spiro atoms. The molecule has 0 fully saturated rings. The predicted molar refractivity (Wildman–Crippen MR) is 97.9 cm³/mol. The molecule has 21 heavy (non-hydrogen) atoms. The summed E-state index contributed by atoms with van der Waals surface area (Å²) in [6.45, 7) is 7.53. The second-order valence-corrected chi connectivity index (χ2v) is 7.17. The van der Waals surface area contributed by atoms with Crippen molar-refractivity contribution in [2.24, 2.45) is 0 Å². The molecule has 0 saturated heterocycles. The number of halogens is 2. The number of rotatable bonds is 5. The van der Waals surface area contributed by atoms with Crippen molar-refractivity contribution in [2.75, 3.05) is 6.54 Å². The second kappa shape index (κ2) is 7.57. The smallest absolute Gasteiger partial charge is 0.0579 e. The lowest BCUT2D eigenvalue weighted by Gasteiger charge is -2.23. The molecule has 0 amide bonds. The van der Waals surface area contributed by atoms with Crippen LogP contribution in [0.25, 0.3) is 0 Å². The van der Waals surface area contributed by atoms with Gasteiger partial charge in [-0.05, 0) is 67.3 Å². The van der Waals surface area contributed by atoms with Crippen LogP contribution in [0.5, 0.6) is 0 Å². The van der Waals surface area contributed by atoms with E-state index in [-0.39, 0.29) is 6.04 Å². The zero-order valence-corrected chi connectivity index (χ0v) is 15.9. The summed E-state index contributed by atoms with van der Waals surface area (Å²) in [6.07, 6.45) is 1.12. The first-order chi connectivity index (χ1) is 10.0. The first-order valence-corrected chi connectivity index (χ1v) is 8.87. The number of hydrogen-bond donors (Lipinski definition) is 1. The summed E-state index contributed by atoms with van der Waals surface area (Å²) in [7, 11) is 0. The summed E-state index contributed by atoms with van der Waals surface area (Å²) < 4.78 is 2.29. The van der Waals surface area contributed by atoms with Crippen LogP contribution in [0.4, 0.5) is 0 Å². The van der Waals surface area contributed by atoms with E-state index in [1.807, 2.05) is 0 Å². The molecule has 2 rings (SSSR count). The van der Waals surface area contributed by atoms with Crippen LogP contribution in [-0.2, 0) is 0 Å². The summed E-state index contributed by atoms with van der Waals surface area (Å²) in [5.41, 5.74) is 5.22. The van der Waals surface area contributed by atoms with Crippen molar-refractivity contribution in [3.63, 3.8) is 0 Å². The van der Waals surface area contributed by atoms with Gasteiger partial charge in [-0.25, -0.2) is 0 Å². The van der Waals surface area contributed by atoms with Gasteiger partial charge in [0.15, 0.2) is 0 Å². The van der Waals surface area contributed by atoms with Crippen molar-refractivity contribution < 1.29 is 0 Å². The predicted octanol–water partition coefficient (Wildman–Crippen LogP) is 5.92. The molecule has 1 N–H and O–H groups in total. The molecule has 0 bridgehead atoms. The third-order valence-corrected chi connectivity index (χ3v) is 4.99. The number of aryl methyl sites for hydroxylation is 2. The van der Waals surface area contributed by atoms with Gasteiger partial charge in [-0.1, -0.05) is 57.0 Å². The standard InChI is InChI=1S/C18H21Br2N/c1-4-8-21-18(14-6-5-7-15(19)11-14)16-9-13(3)17(20)10-12(16)2/h5-7,9-11,18,21H,4,8H2,1-3H3. The van der Waals surface area contributed by atoms with Crippen LogP contribution >= 0.6 is 31.9 Å². The minimum absolute atomic E-state index is 0.231. The zero-order chi connectivity index (χ0) is 15.4. The van der Waals surface area contributed by atoms with Crippen molar-refractivity contribution >= 4 is 31.9 Å². The second-order valence-electron chi connectivity index (χ2n) is 5.40. The average molecular weight is 411 g/mol. The van der Waals surface area contributed by atoms with Crippen LogP contribution in [0.3, 0.4) is 0 Å². The Labute approximate surface area is 144 Å². The van der Waals surface area contributed by atoms with Gasteiger partial charge in [0.25, 0.3) is 0 Å². The van der Waals surface area contributed by atoms with Gasteiger partial charge in [0.1, 0.15) is 0 Å². The molecule has 0 aliphatic carbocycles. The van der Waals surface area contributed by atoms with Crippen molar-refractivity contribution in [3.05, 3.63) is 67.6 Å². The lowest BCUT2D eigenvalue weighted by atomic mass is 9.93. The fourth-order valence-corrected chi connectivity index (χ4v) is 3.37. The third-order valence-electron chi connectivity index (χ3n) is 3.64. The van der Waals surface area contributed by atoms with Crippen LogP contribution in [0.2, 0.25) is 0 Å². The highest BCUT2D eigenvalue weighted by atomic mass is 79.9. The topological polar surface area (TPSA) is 12.0 Å². The SMILES string of the molecule is CCCNC(c1cccc(Br)c1)c1cc(C)c(Br)cc1C. The zero-order valence-electron chi connectivity index (χ0n) is 12.7. The van der Waals surface area contributed by atoms with Crippen molar-refractivity contribution in [1.82, 2.24) is 5.32 Å². The van der Waals surface area contributed by atoms with E-state index in [4.69, 9.17) is 0 Å². The van der Waals surface area contributed by atoms with E-state index in [2.05, 4.69) is 94.3 Å². The Morgan fingerprint density at radius 1 is 1.05 bits per heavy atom. The van der Waals surface area contributed by atoms with E-state index < -0.39 is 0 Å². The van der Waals surface area contributed by atoms with Crippen LogP contribution in [0, 0.1) is 13.8 Å². The van der Waals surface area contributed by atoms with Gasteiger partial charge in [0.2, 0.25) is 0 Å². The van der Waals surface area contributed by atoms with Gasteiger partial charge in [-0.3, -0.25) is 0 Å². The monoisotopic (exact) mass is 409 g/mol. The minimum atomic E-state index is 0.231. The summed E-state index contributed by atoms with van der Waals surface area (Å²) in [4.78, 5) is 0. The highest BCUT2D eigenvalue weighted by Gasteiger charge is 2.16. The molecule has 2 aromatic carbocycles. The van der Waals surface area contributed by atoms with Crippen LogP contribution in [-0.4, -0.2) is 6.54 Å². The summed E-state index contributed by atoms with van der Waals surface area (Å²) in [5.74, 6) is 0. The molecule has 1 unspecified atom stereocenters. The molecule has 0 saturated carbocycles. The summed E-state index contributed by atoms with van der Waals surface area (Å²) in [5, 5.41) is 3.68.